The highest BCUT2D eigenvalue weighted by atomic mass is 19.1. The van der Waals surface area contributed by atoms with E-state index < -0.39 is 0 Å². The van der Waals surface area contributed by atoms with Gasteiger partial charge in [0.15, 0.2) is 0 Å². The van der Waals surface area contributed by atoms with Crippen LogP contribution in [-0.2, 0) is 11.8 Å². The lowest BCUT2D eigenvalue weighted by Crippen LogP contribution is -2.41. The van der Waals surface area contributed by atoms with Gasteiger partial charge >= 0.3 is 0 Å². The van der Waals surface area contributed by atoms with E-state index in [9.17, 15) is 4.39 Å². The monoisotopic (exact) mass is 335 g/mol. The molecule has 1 aliphatic rings. The van der Waals surface area contributed by atoms with Gasteiger partial charge in [0.2, 0.25) is 0 Å². The summed E-state index contributed by atoms with van der Waals surface area (Å²) in [6.07, 6.45) is 5.09. The largest absolute Gasteiger partial charge is 0.342 e. The molecule has 0 aliphatic carbocycles. The zero-order chi connectivity index (χ0) is 17.1. The van der Waals surface area contributed by atoms with Crippen LogP contribution < -0.4 is 5.32 Å². The maximum Gasteiger partial charge on any atom is 0.137 e. The molecule has 0 spiro atoms. The Morgan fingerprint density at radius 3 is 2.40 bits per heavy atom. The number of hydrogen-bond acceptors (Lipinski definition) is 2. The molecule has 2 aromatic carbocycles. The molecule has 0 unspecified atom stereocenters. The fourth-order valence-corrected chi connectivity index (χ4v) is 3.83. The summed E-state index contributed by atoms with van der Waals surface area (Å²) in [6, 6.07) is 17.2. The highest BCUT2D eigenvalue weighted by Crippen LogP contribution is 2.36. The van der Waals surface area contributed by atoms with E-state index in [0.717, 1.165) is 49.4 Å². The van der Waals surface area contributed by atoms with E-state index in [1.165, 1.54) is 17.7 Å². The number of imidazole rings is 1. The molecule has 3 nitrogen and oxygen atoms in total. The van der Waals surface area contributed by atoms with Crippen molar-refractivity contribution in [2.75, 3.05) is 13.1 Å². The van der Waals surface area contributed by atoms with E-state index in [-0.39, 0.29) is 11.2 Å². The van der Waals surface area contributed by atoms with Gasteiger partial charge in [0.05, 0.1) is 0 Å². The second-order valence-corrected chi connectivity index (χ2v) is 6.84. The second kappa shape index (κ2) is 6.81. The normalized spacial score (nSPS) is 16.7. The third-order valence-corrected chi connectivity index (χ3v) is 5.22. The van der Waals surface area contributed by atoms with Gasteiger partial charge in [0.1, 0.15) is 11.6 Å². The first-order chi connectivity index (χ1) is 12.3. The van der Waals surface area contributed by atoms with Crippen LogP contribution in [0.15, 0.2) is 60.8 Å². The van der Waals surface area contributed by atoms with Crippen molar-refractivity contribution in [2.24, 2.45) is 0 Å². The van der Waals surface area contributed by atoms with Crippen LogP contribution in [0.25, 0.3) is 11.4 Å². The lowest BCUT2D eigenvalue weighted by atomic mass is 9.70. The van der Waals surface area contributed by atoms with Crippen molar-refractivity contribution in [2.45, 2.75) is 24.7 Å². The number of nitrogens with zero attached hydrogens (tertiary/aromatic N) is 1. The highest BCUT2D eigenvalue weighted by molar-refractivity contribution is 5.55. The Morgan fingerprint density at radius 2 is 1.68 bits per heavy atom. The number of nitrogens with one attached hydrogen (secondary N) is 2. The second-order valence-electron chi connectivity index (χ2n) is 6.84. The zero-order valence-electron chi connectivity index (χ0n) is 14.1. The standard InChI is InChI=1S/C21H22FN3/c22-18-8-6-16(7-9-18)20-24-15-19(25-20)14-21(10-12-23-13-11-21)17-4-2-1-3-5-17/h1-9,15,23H,10-14H2,(H,24,25). The molecule has 4 heteroatoms. The summed E-state index contributed by atoms with van der Waals surface area (Å²) in [5.74, 6) is 0.570. The van der Waals surface area contributed by atoms with Gasteiger partial charge in [-0.3, -0.25) is 0 Å². The quantitative estimate of drug-likeness (QED) is 0.754. The molecule has 3 aromatic rings. The predicted molar refractivity (Wildman–Crippen MR) is 97.9 cm³/mol. The molecular formula is C21H22FN3. The third-order valence-electron chi connectivity index (χ3n) is 5.22. The minimum atomic E-state index is -0.228. The van der Waals surface area contributed by atoms with Crippen molar-refractivity contribution >= 4 is 0 Å². The summed E-state index contributed by atoms with van der Waals surface area (Å²) in [5, 5.41) is 3.47. The molecule has 0 amide bonds. The summed E-state index contributed by atoms with van der Waals surface area (Å²) < 4.78 is 13.1. The average Bonchev–Trinajstić information content (AvgIpc) is 3.12. The SMILES string of the molecule is Fc1ccc(-c2ncc(CC3(c4ccccc4)CCNCC3)[nH]2)cc1. The van der Waals surface area contributed by atoms with Gasteiger partial charge in [0.25, 0.3) is 0 Å². The third kappa shape index (κ3) is 3.35. The van der Waals surface area contributed by atoms with Crippen LogP contribution in [0.4, 0.5) is 4.39 Å². The summed E-state index contributed by atoms with van der Waals surface area (Å²) in [4.78, 5) is 7.95. The summed E-state index contributed by atoms with van der Waals surface area (Å²) in [6.45, 7) is 2.07. The molecule has 0 atom stereocenters. The topological polar surface area (TPSA) is 40.7 Å². The minimum absolute atomic E-state index is 0.138. The van der Waals surface area contributed by atoms with Crippen LogP contribution >= 0.6 is 0 Å². The van der Waals surface area contributed by atoms with Crippen LogP contribution in [0.5, 0.6) is 0 Å². The Bertz CT molecular complexity index is 818. The molecule has 4 rings (SSSR count). The maximum atomic E-state index is 13.1. The Balaban J connectivity index is 1.62. The molecule has 2 heterocycles. The average molecular weight is 335 g/mol. The molecule has 128 valence electrons. The fraction of sp³-hybridized carbons (Fsp3) is 0.286. The Morgan fingerprint density at radius 1 is 0.960 bits per heavy atom. The van der Waals surface area contributed by atoms with Crippen molar-refractivity contribution in [3.05, 3.63) is 77.9 Å². The molecule has 25 heavy (non-hydrogen) atoms. The summed E-state index contributed by atoms with van der Waals surface area (Å²) in [5.41, 5.74) is 3.57. The van der Waals surface area contributed by atoms with E-state index in [2.05, 4.69) is 45.6 Å². The van der Waals surface area contributed by atoms with E-state index in [0.29, 0.717) is 0 Å². The van der Waals surface area contributed by atoms with Crippen molar-refractivity contribution in [1.29, 1.82) is 0 Å². The van der Waals surface area contributed by atoms with Crippen molar-refractivity contribution < 1.29 is 4.39 Å². The van der Waals surface area contributed by atoms with Crippen molar-refractivity contribution in [3.8, 4) is 11.4 Å². The maximum absolute atomic E-state index is 13.1. The van der Waals surface area contributed by atoms with Crippen LogP contribution in [0, 0.1) is 5.82 Å². The van der Waals surface area contributed by atoms with E-state index in [1.54, 1.807) is 12.1 Å². The number of aromatic nitrogens is 2. The number of halogens is 1. The first-order valence-corrected chi connectivity index (χ1v) is 8.81. The van der Waals surface area contributed by atoms with Gasteiger partial charge in [-0.05, 0) is 62.2 Å². The zero-order valence-corrected chi connectivity index (χ0v) is 14.1. The number of hydrogen-bond donors (Lipinski definition) is 2. The number of H-pyrrole nitrogens is 1. The molecule has 1 aromatic heterocycles. The van der Waals surface area contributed by atoms with Crippen LogP contribution in [0.1, 0.15) is 24.1 Å². The number of aromatic amines is 1. The molecule has 2 N–H and O–H groups in total. The van der Waals surface area contributed by atoms with E-state index in [4.69, 9.17) is 0 Å². The van der Waals surface area contributed by atoms with E-state index in [1.807, 2.05) is 6.20 Å². The minimum Gasteiger partial charge on any atom is -0.342 e. The lowest BCUT2D eigenvalue weighted by Gasteiger charge is -2.38. The van der Waals surface area contributed by atoms with Gasteiger partial charge in [0, 0.05) is 22.9 Å². The van der Waals surface area contributed by atoms with Crippen molar-refractivity contribution in [1.82, 2.24) is 15.3 Å². The van der Waals surface area contributed by atoms with Crippen molar-refractivity contribution in [3.63, 3.8) is 0 Å². The first kappa shape index (κ1) is 16.0. The molecule has 1 fully saturated rings. The molecule has 1 saturated heterocycles. The predicted octanol–water partition coefficient (Wildman–Crippen LogP) is 4.08. The molecule has 0 saturated carbocycles. The van der Waals surface area contributed by atoms with Gasteiger partial charge in [-0.15, -0.1) is 0 Å². The molecule has 1 aliphatic heterocycles. The highest BCUT2D eigenvalue weighted by Gasteiger charge is 2.34. The Labute approximate surface area is 147 Å². The number of benzene rings is 2. The van der Waals surface area contributed by atoms with Gasteiger partial charge < -0.3 is 10.3 Å². The lowest BCUT2D eigenvalue weighted by molar-refractivity contribution is 0.303. The van der Waals surface area contributed by atoms with Crippen LogP contribution in [0.3, 0.4) is 0 Å². The smallest absolute Gasteiger partial charge is 0.137 e. The molecule has 0 bridgehead atoms. The Hall–Kier alpha value is -2.46. The van der Waals surface area contributed by atoms with Crippen LogP contribution in [-0.4, -0.2) is 23.1 Å². The first-order valence-electron chi connectivity index (χ1n) is 8.81. The Kier molecular flexibility index (Phi) is 4.36. The summed E-state index contributed by atoms with van der Waals surface area (Å²) in [7, 11) is 0. The fourth-order valence-electron chi connectivity index (χ4n) is 3.83. The molecule has 0 radical (unpaired) electrons. The number of piperidine rings is 1. The molecular weight excluding hydrogens is 313 g/mol. The number of rotatable bonds is 4. The summed E-state index contributed by atoms with van der Waals surface area (Å²) >= 11 is 0. The van der Waals surface area contributed by atoms with Gasteiger partial charge in [-0.25, -0.2) is 9.37 Å². The van der Waals surface area contributed by atoms with Crippen LogP contribution in [0.2, 0.25) is 0 Å². The van der Waals surface area contributed by atoms with E-state index >= 15 is 0 Å². The van der Waals surface area contributed by atoms with Gasteiger partial charge in [-0.2, -0.15) is 0 Å². The van der Waals surface area contributed by atoms with Gasteiger partial charge in [-0.1, -0.05) is 30.3 Å².